The maximum absolute atomic E-state index is 12.6. The Bertz CT molecular complexity index is 900. The zero-order valence-corrected chi connectivity index (χ0v) is 14.3. The molecule has 1 saturated carbocycles. The Kier molecular flexibility index (Phi) is 4.55. The average Bonchev–Trinajstić information content (AvgIpc) is 3.42. The topological polar surface area (TPSA) is 63.9 Å². The first-order chi connectivity index (χ1) is 12.8. The molecule has 4 rings (SSSR count). The Hall–Kier alpha value is -3.28. The third kappa shape index (κ3) is 3.85. The summed E-state index contributed by atoms with van der Waals surface area (Å²) in [5.74, 6) is -0.00869. The summed E-state index contributed by atoms with van der Waals surface area (Å²) in [5.41, 5.74) is 2.57. The van der Waals surface area contributed by atoms with Crippen LogP contribution in [0.1, 0.15) is 24.1 Å². The highest BCUT2D eigenvalue weighted by Gasteiger charge is 2.31. The first-order valence-corrected chi connectivity index (χ1v) is 8.65. The number of rotatable bonds is 6. The van der Waals surface area contributed by atoms with Crippen molar-refractivity contribution in [3.63, 3.8) is 0 Å². The SMILES string of the molecule is O=C(/C=C\c1cnn(-c2ccccc2)n1)N(Cc1cccnc1)C1CC1. The molecule has 3 aromatic rings. The maximum Gasteiger partial charge on any atom is 0.247 e. The standard InChI is InChI=1S/C20H19N5O/c26-20(24(18-9-10-18)15-16-5-4-12-21-13-16)11-8-17-14-22-25(23-17)19-6-2-1-3-7-19/h1-8,11-14,18H,9-10,15H2/b11-8-. The van der Waals surface area contributed by atoms with Crippen molar-refractivity contribution in [1.82, 2.24) is 24.9 Å². The fraction of sp³-hybridized carbons (Fsp3) is 0.200. The van der Waals surface area contributed by atoms with Gasteiger partial charge in [0.2, 0.25) is 5.91 Å². The van der Waals surface area contributed by atoms with Crippen molar-refractivity contribution in [2.75, 3.05) is 0 Å². The van der Waals surface area contributed by atoms with Gasteiger partial charge in [0.15, 0.2) is 0 Å². The van der Waals surface area contributed by atoms with Crippen molar-refractivity contribution in [3.8, 4) is 5.69 Å². The molecular formula is C20H19N5O. The van der Waals surface area contributed by atoms with E-state index in [1.54, 1.807) is 35.5 Å². The van der Waals surface area contributed by atoms with E-state index in [1.807, 2.05) is 47.4 Å². The molecule has 130 valence electrons. The number of hydrogen-bond acceptors (Lipinski definition) is 4. The van der Waals surface area contributed by atoms with Gasteiger partial charge in [0, 0.05) is 31.1 Å². The van der Waals surface area contributed by atoms with Crippen molar-refractivity contribution in [1.29, 1.82) is 0 Å². The Morgan fingerprint density at radius 3 is 2.73 bits per heavy atom. The van der Waals surface area contributed by atoms with E-state index in [0.717, 1.165) is 24.1 Å². The third-order valence-corrected chi connectivity index (χ3v) is 4.24. The molecule has 6 nitrogen and oxygen atoms in total. The van der Waals surface area contributed by atoms with Crippen LogP contribution in [0.5, 0.6) is 0 Å². The molecule has 0 unspecified atom stereocenters. The first kappa shape index (κ1) is 16.2. The molecule has 0 radical (unpaired) electrons. The molecule has 0 aliphatic heterocycles. The summed E-state index contributed by atoms with van der Waals surface area (Å²) in [4.78, 5) is 20.2. The lowest BCUT2D eigenvalue weighted by Gasteiger charge is -2.20. The highest BCUT2D eigenvalue weighted by atomic mass is 16.2. The van der Waals surface area contributed by atoms with E-state index in [9.17, 15) is 4.79 Å². The number of para-hydroxylation sites is 1. The molecule has 6 heteroatoms. The molecule has 1 fully saturated rings. The van der Waals surface area contributed by atoms with Crippen molar-refractivity contribution in [2.45, 2.75) is 25.4 Å². The first-order valence-electron chi connectivity index (χ1n) is 8.65. The second kappa shape index (κ2) is 7.31. The molecular weight excluding hydrogens is 326 g/mol. The second-order valence-electron chi connectivity index (χ2n) is 6.29. The van der Waals surface area contributed by atoms with Crippen molar-refractivity contribution < 1.29 is 4.79 Å². The maximum atomic E-state index is 12.6. The Morgan fingerprint density at radius 1 is 1.15 bits per heavy atom. The summed E-state index contributed by atoms with van der Waals surface area (Å²) in [7, 11) is 0. The van der Waals surface area contributed by atoms with Crippen LogP contribution < -0.4 is 0 Å². The normalized spacial score (nSPS) is 13.8. The molecule has 0 saturated heterocycles. The summed E-state index contributed by atoms with van der Waals surface area (Å²) >= 11 is 0. The van der Waals surface area contributed by atoms with E-state index in [-0.39, 0.29) is 5.91 Å². The van der Waals surface area contributed by atoms with Crippen LogP contribution in [0.3, 0.4) is 0 Å². The van der Waals surface area contributed by atoms with Gasteiger partial charge in [0.05, 0.1) is 11.9 Å². The molecule has 1 aromatic carbocycles. The van der Waals surface area contributed by atoms with Crippen LogP contribution in [-0.2, 0) is 11.3 Å². The Balaban J connectivity index is 1.45. The summed E-state index contributed by atoms with van der Waals surface area (Å²) < 4.78 is 0. The number of aromatic nitrogens is 4. The summed E-state index contributed by atoms with van der Waals surface area (Å²) in [5, 5.41) is 8.64. The number of nitrogens with zero attached hydrogens (tertiary/aromatic N) is 5. The van der Waals surface area contributed by atoms with Crippen LogP contribution in [0.15, 0.2) is 67.1 Å². The number of hydrogen-bond donors (Lipinski definition) is 0. The van der Waals surface area contributed by atoms with Gasteiger partial charge in [0.25, 0.3) is 0 Å². The van der Waals surface area contributed by atoms with Gasteiger partial charge in [-0.05, 0) is 42.7 Å². The number of benzene rings is 1. The van der Waals surface area contributed by atoms with Crippen molar-refractivity contribution in [3.05, 3.63) is 78.4 Å². The molecule has 0 N–H and O–H groups in total. The van der Waals surface area contributed by atoms with Crippen molar-refractivity contribution in [2.24, 2.45) is 0 Å². The predicted octanol–water partition coefficient (Wildman–Crippen LogP) is 2.87. The largest absolute Gasteiger partial charge is 0.332 e. The second-order valence-corrected chi connectivity index (χ2v) is 6.29. The fourth-order valence-corrected chi connectivity index (χ4v) is 2.75. The minimum Gasteiger partial charge on any atom is -0.332 e. The van der Waals surface area contributed by atoms with Gasteiger partial charge in [-0.15, -0.1) is 5.10 Å². The summed E-state index contributed by atoms with van der Waals surface area (Å²) in [6, 6.07) is 13.9. The Labute approximate surface area is 151 Å². The van der Waals surface area contributed by atoms with Crippen LogP contribution >= 0.6 is 0 Å². The van der Waals surface area contributed by atoms with E-state index in [1.165, 1.54) is 0 Å². The van der Waals surface area contributed by atoms with E-state index >= 15 is 0 Å². The minimum atomic E-state index is -0.00869. The molecule has 1 aliphatic carbocycles. The van der Waals surface area contributed by atoms with Crippen LogP contribution in [0.2, 0.25) is 0 Å². The van der Waals surface area contributed by atoms with Gasteiger partial charge in [0.1, 0.15) is 5.69 Å². The number of carbonyl (C=O) groups excluding carboxylic acids is 1. The average molecular weight is 345 g/mol. The molecule has 26 heavy (non-hydrogen) atoms. The molecule has 1 amide bonds. The molecule has 2 heterocycles. The Morgan fingerprint density at radius 2 is 2.00 bits per heavy atom. The van der Waals surface area contributed by atoms with Crippen LogP contribution in [0, 0.1) is 0 Å². The number of pyridine rings is 1. The van der Waals surface area contributed by atoms with Gasteiger partial charge >= 0.3 is 0 Å². The molecule has 0 spiro atoms. The fourth-order valence-electron chi connectivity index (χ4n) is 2.75. The summed E-state index contributed by atoms with van der Waals surface area (Å²) in [6.07, 6.45) is 10.6. The highest BCUT2D eigenvalue weighted by Crippen LogP contribution is 2.28. The monoisotopic (exact) mass is 345 g/mol. The quantitative estimate of drug-likeness (QED) is 0.645. The van der Waals surface area contributed by atoms with Gasteiger partial charge in [-0.3, -0.25) is 9.78 Å². The van der Waals surface area contributed by atoms with Gasteiger partial charge in [-0.2, -0.15) is 9.90 Å². The lowest BCUT2D eigenvalue weighted by atomic mass is 10.2. The number of amides is 1. The third-order valence-electron chi connectivity index (χ3n) is 4.24. The summed E-state index contributed by atoms with van der Waals surface area (Å²) in [6.45, 7) is 0.582. The van der Waals surface area contributed by atoms with Gasteiger partial charge in [-0.25, -0.2) is 0 Å². The van der Waals surface area contributed by atoms with E-state index < -0.39 is 0 Å². The van der Waals surface area contributed by atoms with Crippen molar-refractivity contribution >= 4 is 12.0 Å². The van der Waals surface area contributed by atoms with Crippen LogP contribution in [0.25, 0.3) is 11.8 Å². The lowest BCUT2D eigenvalue weighted by Crippen LogP contribution is -2.31. The van der Waals surface area contributed by atoms with Crippen LogP contribution in [-0.4, -0.2) is 36.8 Å². The van der Waals surface area contributed by atoms with Gasteiger partial charge < -0.3 is 4.90 Å². The molecule has 0 bridgehead atoms. The van der Waals surface area contributed by atoms with E-state index in [2.05, 4.69) is 15.2 Å². The zero-order chi connectivity index (χ0) is 17.8. The lowest BCUT2D eigenvalue weighted by molar-refractivity contribution is -0.127. The zero-order valence-electron chi connectivity index (χ0n) is 14.3. The highest BCUT2D eigenvalue weighted by molar-refractivity contribution is 5.91. The number of carbonyl (C=O) groups is 1. The van der Waals surface area contributed by atoms with Gasteiger partial charge in [-0.1, -0.05) is 24.3 Å². The molecule has 2 aromatic heterocycles. The minimum absolute atomic E-state index is 0.00869. The van der Waals surface area contributed by atoms with Crippen LogP contribution in [0.4, 0.5) is 0 Å². The predicted molar refractivity (Wildman–Crippen MR) is 98.2 cm³/mol. The van der Waals surface area contributed by atoms with E-state index in [0.29, 0.717) is 18.3 Å². The van der Waals surface area contributed by atoms with E-state index in [4.69, 9.17) is 0 Å². The molecule has 0 atom stereocenters. The smallest absolute Gasteiger partial charge is 0.247 e. The molecule has 1 aliphatic rings.